The third-order valence-electron chi connectivity index (χ3n) is 0.218. The SMILES string of the molecule is C/C=C(\F)Cl. The molecule has 5 heavy (non-hydrogen) atoms. The molecule has 0 saturated heterocycles. The van der Waals surface area contributed by atoms with Crippen molar-refractivity contribution in [2.75, 3.05) is 0 Å². The first-order valence-corrected chi connectivity index (χ1v) is 1.62. The summed E-state index contributed by atoms with van der Waals surface area (Å²) in [4.78, 5) is 0. The van der Waals surface area contributed by atoms with Crippen LogP contribution < -0.4 is 0 Å². The molecule has 0 saturated carbocycles. The van der Waals surface area contributed by atoms with Crippen molar-refractivity contribution >= 4 is 11.6 Å². The Labute approximate surface area is 35.2 Å². The third kappa shape index (κ3) is 3.96. The summed E-state index contributed by atoms with van der Waals surface area (Å²) in [7, 11) is 0. The third-order valence-corrected chi connectivity index (χ3v) is 0.436. The van der Waals surface area contributed by atoms with E-state index in [1.165, 1.54) is 13.0 Å². The molecule has 0 N–H and O–H groups in total. The molecule has 0 rings (SSSR count). The first kappa shape index (κ1) is 4.96. The number of hydrogen-bond donors (Lipinski definition) is 0. The first-order valence-electron chi connectivity index (χ1n) is 1.24. The van der Waals surface area contributed by atoms with Gasteiger partial charge in [0.25, 0.3) is 0 Å². The van der Waals surface area contributed by atoms with Gasteiger partial charge in [-0.2, -0.15) is 4.39 Å². The maximum absolute atomic E-state index is 11.1. The van der Waals surface area contributed by atoms with Crippen molar-refractivity contribution in [1.82, 2.24) is 0 Å². The summed E-state index contributed by atoms with van der Waals surface area (Å²) in [6.45, 7) is 1.53. The second-order valence-corrected chi connectivity index (χ2v) is 0.939. The quantitative estimate of drug-likeness (QED) is 0.431. The van der Waals surface area contributed by atoms with E-state index in [0.717, 1.165) is 0 Å². The van der Waals surface area contributed by atoms with Gasteiger partial charge in [-0.3, -0.25) is 0 Å². The van der Waals surface area contributed by atoms with Crippen LogP contribution in [0, 0.1) is 0 Å². The number of halogens is 2. The molecule has 0 nitrogen and oxygen atoms in total. The van der Waals surface area contributed by atoms with E-state index in [1.807, 2.05) is 0 Å². The summed E-state index contributed by atoms with van der Waals surface area (Å²) in [5.74, 6) is 0. The van der Waals surface area contributed by atoms with Crippen molar-refractivity contribution in [1.29, 1.82) is 0 Å². The van der Waals surface area contributed by atoms with Gasteiger partial charge in [0.2, 0.25) is 0 Å². The van der Waals surface area contributed by atoms with E-state index in [0.29, 0.717) is 0 Å². The van der Waals surface area contributed by atoms with E-state index in [2.05, 4.69) is 11.6 Å². The van der Waals surface area contributed by atoms with Gasteiger partial charge < -0.3 is 0 Å². The largest absolute Gasteiger partial charge is 0.194 e. The molecule has 0 aromatic rings. The summed E-state index contributed by atoms with van der Waals surface area (Å²) in [5, 5.41) is -0.648. The Kier molecular flexibility index (Phi) is 2.19. The zero-order valence-electron chi connectivity index (χ0n) is 2.83. The van der Waals surface area contributed by atoms with Gasteiger partial charge in [0.15, 0.2) is 5.29 Å². The molecule has 0 aliphatic heterocycles. The van der Waals surface area contributed by atoms with Crippen LogP contribution in [0.25, 0.3) is 0 Å². The van der Waals surface area contributed by atoms with Gasteiger partial charge in [0.1, 0.15) is 0 Å². The normalized spacial score (nSPS) is 12.2. The fourth-order valence-corrected chi connectivity index (χ4v) is 0. The molecule has 0 amide bonds. The molecule has 0 aliphatic rings. The zero-order valence-corrected chi connectivity index (χ0v) is 3.59. The highest BCUT2D eigenvalue weighted by atomic mass is 35.5. The van der Waals surface area contributed by atoms with Gasteiger partial charge in [-0.05, 0) is 13.0 Å². The summed E-state index contributed by atoms with van der Waals surface area (Å²) in [6, 6.07) is 0. The monoisotopic (exact) mass is 94.0 g/mol. The Hall–Kier alpha value is -0.0400. The Bertz CT molecular complexity index is 44.9. The zero-order chi connectivity index (χ0) is 4.28. The summed E-state index contributed by atoms with van der Waals surface area (Å²) >= 11 is 4.66. The van der Waals surface area contributed by atoms with E-state index in [1.54, 1.807) is 0 Å². The van der Waals surface area contributed by atoms with E-state index >= 15 is 0 Å². The summed E-state index contributed by atoms with van der Waals surface area (Å²) in [5.41, 5.74) is 0. The molecule has 0 unspecified atom stereocenters. The lowest BCUT2D eigenvalue weighted by molar-refractivity contribution is 0.693. The first-order chi connectivity index (χ1) is 2.27. The Morgan fingerprint density at radius 1 is 2.00 bits per heavy atom. The van der Waals surface area contributed by atoms with E-state index in [-0.39, 0.29) is 0 Å². The lowest BCUT2D eigenvalue weighted by atomic mass is 10.8. The van der Waals surface area contributed by atoms with Crippen LogP contribution in [0.1, 0.15) is 6.92 Å². The molecule has 0 spiro atoms. The summed E-state index contributed by atoms with van der Waals surface area (Å²) < 4.78 is 11.1. The van der Waals surface area contributed by atoms with Crippen molar-refractivity contribution in [3.8, 4) is 0 Å². The molecule has 0 aliphatic carbocycles. The molecule has 0 bridgehead atoms. The van der Waals surface area contributed by atoms with Gasteiger partial charge in [-0.1, -0.05) is 11.6 Å². The highest BCUT2D eigenvalue weighted by Crippen LogP contribution is 1.97. The number of hydrogen-bond acceptors (Lipinski definition) is 0. The highest BCUT2D eigenvalue weighted by Gasteiger charge is 1.71. The Balaban J connectivity index is 3.14. The average Bonchev–Trinajstić information content (AvgIpc) is 1.38. The number of allylic oxidation sites excluding steroid dienone is 1. The van der Waals surface area contributed by atoms with Gasteiger partial charge >= 0.3 is 0 Å². The van der Waals surface area contributed by atoms with Crippen LogP contribution in [0.3, 0.4) is 0 Å². The summed E-state index contributed by atoms with van der Waals surface area (Å²) in [6.07, 6.45) is 1.18. The minimum absolute atomic E-state index is 0.648. The highest BCUT2D eigenvalue weighted by molar-refractivity contribution is 6.28. The van der Waals surface area contributed by atoms with E-state index in [4.69, 9.17) is 0 Å². The molecule has 0 radical (unpaired) electrons. The maximum atomic E-state index is 11.1. The molecular weight excluding hydrogens is 90.5 g/mol. The van der Waals surface area contributed by atoms with Gasteiger partial charge in [-0.15, -0.1) is 0 Å². The average molecular weight is 94.5 g/mol. The predicted molar refractivity (Wildman–Crippen MR) is 20.7 cm³/mol. The van der Waals surface area contributed by atoms with Crippen molar-refractivity contribution < 1.29 is 4.39 Å². The molecule has 0 aromatic carbocycles. The van der Waals surface area contributed by atoms with Crippen LogP contribution in [-0.2, 0) is 0 Å². The molecule has 0 fully saturated rings. The minimum atomic E-state index is -0.648. The fourth-order valence-electron chi connectivity index (χ4n) is 0. The van der Waals surface area contributed by atoms with Crippen LogP contribution in [0.15, 0.2) is 11.4 Å². The fraction of sp³-hybridized carbons (Fsp3) is 0.333. The smallest absolute Gasteiger partial charge is 0.184 e. The topological polar surface area (TPSA) is 0 Å². The molecule has 30 valence electrons. The molecule has 0 heterocycles. The van der Waals surface area contributed by atoms with Crippen molar-refractivity contribution in [2.24, 2.45) is 0 Å². The predicted octanol–water partition coefficient (Wildman–Crippen LogP) is 2.06. The van der Waals surface area contributed by atoms with Gasteiger partial charge in [0.05, 0.1) is 0 Å². The maximum Gasteiger partial charge on any atom is 0.184 e. The van der Waals surface area contributed by atoms with E-state index in [9.17, 15) is 4.39 Å². The van der Waals surface area contributed by atoms with Crippen LogP contribution in [0.2, 0.25) is 0 Å². The molecular formula is C3H4ClF. The minimum Gasteiger partial charge on any atom is -0.194 e. The van der Waals surface area contributed by atoms with E-state index < -0.39 is 5.29 Å². The van der Waals surface area contributed by atoms with Crippen molar-refractivity contribution in [2.45, 2.75) is 6.92 Å². The van der Waals surface area contributed by atoms with Crippen LogP contribution >= 0.6 is 11.6 Å². The van der Waals surface area contributed by atoms with Gasteiger partial charge in [0, 0.05) is 0 Å². The van der Waals surface area contributed by atoms with Crippen LogP contribution in [-0.4, -0.2) is 0 Å². The van der Waals surface area contributed by atoms with Crippen LogP contribution in [0.4, 0.5) is 4.39 Å². The van der Waals surface area contributed by atoms with Crippen LogP contribution in [0.5, 0.6) is 0 Å². The Morgan fingerprint density at radius 2 is 2.20 bits per heavy atom. The molecule has 0 atom stereocenters. The second-order valence-electron chi connectivity index (χ2n) is 0.578. The molecule has 2 heteroatoms. The lowest BCUT2D eigenvalue weighted by Crippen LogP contribution is -1.41. The van der Waals surface area contributed by atoms with Gasteiger partial charge in [-0.25, -0.2) is 0 Å². The lowest BCUT2D eigenvalue weighted by Gasteiger charge is -1.64. The Morgan fingerprint density at radius 3 is 2.20 bits per heavy atom. The standard InChI is InChI=1S/C3H4ClF/c1-2-3(4)5/h2H,1H3/b3-2-. The van der Waals surface area contributed by atoms with Crippen molar-refractivity contribution in [3.63, 3.8) is 0 Å². The van der Waals surface area contributed by atoms with Crippen molar-refractivity contribution in [3.05, 3.63) is 11.4 Å². The molecule has 0 aromatic heterocycles. The number of rotatable bonds is 0. The second kappa shape index (κ2) is 2.21.